The zero-order chi connectivity index (χ0) is 22.1. The molecule has 1 amide bonds. The summed E-state index contributed by atoms with van der Waals surface area (Å²) in [6.07, 6.45) is 4.98. The van der Waals surface area contributed by atoms with E-state index in [1.54, 1.807) is 6.20 Å². The average molecular weight is 426 g/mol. The van der Waals surface area contributed by atoms with E-state index in [1.165, 1.54) is 12.8 Å². The fourth-order valence-electron chi connectivity index (χ4n) is 3.72. The molecule has 2 heterocycles. The molecule has 0 aliphatic heterocycles. The molecule has 0 radical (unpaired) electrons. The maximum absolute atomic E-state index is 14.7. The number of nitrogens with one attached hydrogen (secondary N) is 2. The van der Waals surface area contributed by atoms with Crippen LogP contribution in [0.15, 0.2) is 30.5 Å². The highest BCUT2D eigenvalue weighted by atomic mass is 19.1. The van der Waals surface area contributed by atoms with Gasteiger partial charge in [0, 0.05) is 29.7 Å². The number of carbonyl (C=O) groups excluding carboxylic acids is 1. The first-order valence-electron chi connectivity index (χ1n) is 10.6. The molecule has 1 aromatic carbocycles. The molecule has 8 nitrogen and oxygen atoms in total. The number of hydrogen-bond donors (Lipinski definition) is 4. The Morgan fingerprint density at radius 1 is 1.32 bits per heavy atom. The smallest absolute Gasteiger partial charge is 0.252 e. The second kappa shape index (κ2) is 8.50. The van der Waals surface area contributed by atoms with E-state index in [-0.39, 0.29) is 29.3 Å². The number of hydrogen-bond acceptors (Lipinski definition) is 6. The average Bonchev–Trinajstić information content (AvgIpc) is 3.46. The normalized spacial score (nSPS) is 15.6. The molecule has 1 fully saturated rings. The first-order chi connectivity index (χ1) is 14.9. The Balaban J connectivity index is 1.65. The van der Waals surface area contributed by atoms with Crippen LogP contribution < -0.4 is 22.1 Å². The van der Waals surface area contributed by atoms with E-state index < -0.39 is 11.7 Å². The molecule has 2 atom stereocenters. The minimum atomic E-state index is -0.762. The second-order valence-corrected chi connectivity index (χ2v) is 8.23. The van der Waals surface area contributed by atoms with Gasteiger partial charge in [0.25, 0.3) is 5.91 Å². The van der Waals surface area contributed by atoms with Crippen LogP contribution in [0.4, 0.5) is 21.7 Å². The first-order valence-corrected chi connectivity index (χ1v) is 10.6. The number of nitrogens with zero attached hydrogens (tertiary/aromatic N) is 3. The number of aryl methyl sites for hydroxylation is 1. The largest absolute Gasteiger partial charge is 0.365 e. The third-order valence-electron chi connectivity index (χ3n) is 5.69. The zero-order valence-electron chi connectivity index (χ0n) is 17.7. The molecule has 1 aliphatic rings. The van der Waals surface area contributed by atoms with Crippen molar-refractivity contribution in [2.45, 2.75) is 51.7 Å². The van der Waals surface area contributed by atoms with Gasteiger partial charge < -0.3 is 22.1 Å². The number of nitrogens with two attached hydrogens (primary N) is 2. The summed E-state index contributed by atoms with van der Waals surface area (Å²) in [5.41, 5.74) is 13.3. The van der Waals surface area contributed by atoms with Crippen LogP contribution in [0.5, 0.6) is 0 Å². The monoisotopic (exact) mass is 425 g/mol. The minimum Gasteiger partial charge on any atom is -0.365 e. The van der Waals surface area contributed by atoms with Gasteiger partial charge in [0.15, 0.2) is 11.6 Å². The molecule has 1 saturated carbocycles. The predicted molar refractivity (Wildman–Crippen MR) is 120 cm³/mol. The molecule has 3 aromatic rings. The van der Waals surface area contributed by atoms with Crippen molar-refractivity contribution in [2.24, 2.45) is 17.4 Å². The Kier molecular flexibility index (Phi) is 5.77. The molecule has 31 heavy (non-hydrogen) atoms. The Labute approximate surface area is 180 Å². The lowest BCUT2D eigenvalue weighted by Gasteiger charge is -2.24. The van der Waals surface area contributed by atoms with Crippen LogP contribution in [0.25, 0.3) is 10.9 Å². The van der Waals surface area contributed by atoms with Gasteiger partial charge in [-0.2, -0.15) is 5.10 Å². The fourth-order valence-corrected chi connectivity index (χ4v) is 3.72. The van der Waals surface area contributed by atoms with Gasteiger partial charge in [0.05, 0.1) is 17.3 Å². The first kappa shape index (κ1) is 21.0. The highest BCUT2D eigenvalue weighted by Crippen LogP contribution is 2.35. The number of primary amides is 1. The number of aromatic nitrogens is 3. The van der Waals surface area contributed by atoms with Crippen molar-refractivity contribution in [3.8, 4) is 0 Å². The maximum Gasteiger partial charge on any atom is 0.252 e. The lowest BCUT2D eigenvalue weighted by molar-refractivity contribution is 0.100. The molecule has 1 aliphatic carbocycles. The van der Waals surface area contributed by atoms with Crippen LogP contribution >= 0.6 is 0 Å². The van der Waals surface area contributed by atoms with Crippen molar-refractivity contribution < 1.29 is 9.18 Å². The molecule has 2 aromatic heterocycles. The number of benzene rings is 1. The zero-order valence-corrected chi connectivity index (χ0v) is 17.7. The summed E-state index contributed by atoms with van der Waals surface area (Å²) in [6.45, 7) is 4.67. The van der Waals surface area contributed by atoms with Crippen LogP contribution in [0.3, 0.4) is 0 Å². The highest BCUT2D eigenvalue weighted by molar-refractivity contribution is 5.99. The van der Waals surface area contributed by atoms with Crippen LogP contribution in [0.2, 0.25) is 0 Å². The quantitative estimate of drug-likeness (QED) is 0.417. The predicted octanol–water partition coefficient (Wildman–Crippen LogP) is 3.36. The van der Waals surface area contributed by atoms with E-state index in [0.29, 0.717) is 11.6 Å². The number of anilines is 3. The summed E-state index contributed by atoms with van der Waals surface area (Å²) in [5.74, 6) is -0.545. The SMILES string of the molecule is CCn1ncc2cc(Nc3nc(N[C@H](CC4CC4)[C@H](C)N)c(F)cc3C(N)=O)ccc21. The number of carbonyl (C=O) groups is 1. The van der Waals surface area contributed by atoms with Crippen LogP contribution in [0, 0.1) is 11.7 Å². The standard InChI is InChI=1S/C22H28FN7O/c1-3-30-19-7-6-15(9-14(19)11-26-30)27-21-16(20(25)31)10-17(23)22(29-21)28-18(12(2)24)8-13-4-5-13/h6-7,9-13,18H,3-5,8,24H2,1-2H3,(H2,25,31)(H2,27,28,29)/t12-,18+/m0/s1. The van der Waals surface area contributed by atoms with Gasteiger partial charge in [-0.05, 0) is 50.5 Å². The molecule has 0 saturated heterocycles. The van der Waals surface area contributed by atoms with Crippen molar-refractivity contribution in [3.63, 3.8) is 0 Å². The number of fused-ring (bicyclic) bond motifs is 1. The fraction of sp³-hybridized carbons (Fsp3) is 0.409. The van der Waals surface area contributed by atoms with Crippen molar-refractivity contribution in [2.75, 3.05) is 10.6 Å². The third kappa shape index (κ3) is 4.61. The lowest BCUT2D eigenvalue weighted by Crippen LogP contribution is -2.39. The van der Waals surface area contributed by atoms with E-state index in [1.807, 2.05) is 36.7 Å². The van der Waals surface area contributed by atoms with Crippen molar-refractivity contribution in [3.05, 3.63) is 41.8 Å². The van der Waals surface area contributed by atoms with E-state index >= 15 is 0 Å². The second-order valence-electron chi connectivity index (χ2n) is 8.23. The number of amides is 1. The minimum absolute atomic E-state index is 0.0214. The van der Waals surface area contributed by atoms with Crippen molar-refractivity contribution in [1.82, 2.24) is 14.8 Å². The van der Waals surface area contributed by atoms with E-state index in [0.717, 1.165) is 29.9 Å². The topological polar surface area (TPSA) is 124 Å². The van der Waals surface area contributed by atoms with Gasteiger partial charge in [-0.15, -0.1) is 0 Å². The summed E-state index contributed by atoms with van der Waals surface area (Å²) < 4.78 is 16.6. The molecular formula is C22H28FN7O. The molecule has 0 unspecified atom stereocenters. The Morgan fingerprint density at radius 2 is 2.10 bits per heavy atom. The molecule has 164 valence electrons. The summed E-state index contributed by atoms with van der Waals surface area (Å²) in [5, 5.41) is 11.5. The summed E-state index contributed by atoms with van der Waals surface area (Å²) in [4.78, 5) is 16.3. The Bertz CT molecular complexity index is 1110. The molecule has 4 rings (SSSR count). The van der Waals surface area contributed by atoms with Gasteiger partial charge in [-0.25, -0.2) is 9.37 Å². The number of pyridine rings is 1. The van der Waals surface area contributed by atoms with E-state index in [4.69, 9.17) is 11.5 Å². The Hall–Kier alpha value is -3.20. The summed E-state index contributed by atoms with van der Waals surface area (Å²) in [7, 11) is 0. The van der Waals surface area contributed by atoms with Gasteiger partial charge in [0.2, 0.25) is 0 Å². The summed E-state index contributed by atoms with van der Waals surface area (Å²) in [6, 6.07) is 6.52. The summed E-state index contributed by atoms with van der Waals surface area (Å²) >= 11 is 0. The molecule has 0 spiro atoms. The number of rotatable bonds is 9. The van der Waals surface area contributed by atoms with E-state index in [2.05, 4.69) is 20.7 Å². The van der Waals surface area contributed by atoms with Gasteiger partial charge >= 0.3 is 0 Å². The third-order valence-corrected chi connectivity index (χ3v) is 5.69. The highest BCUT2D eigenvalue weighted by Gasteiger charge is 2.28. The molecule has 0 bridgehead atoms. The van der Waals surface area contributed by atoms with Crippen LogP contribution in [-0.2, 0) is 6.54 Å². The van der Waals surface area contributed by atoms with E-state index in [9.17, 15) is 9.18 Å². The van der Waals surface area contributed by atoms with Gasteiger partial charge in [-0.1, -0.05) is 12.8 Å². The molecular weight excluding hydrogens is 397 g/mol. The van der Waals surface area contributed by atoms with Crippen molar-refractivity contribution in [1.29, 1.82) is 0 Å². The molecule has 6 N–H and O–H groups in total. The van der Waals surface area contributed by atoms with Crippen LogP contribution in [-0.4, -0.2) is 32.8 Å². The maximum atomic E-state index is 14.7. The lowest BCUT2D eigenvalue weighted by atomic mass is 10.0. The van der Waals surface area contributed by atoms with Crippen molar-refractivity contribution >= 4 is 34.1 Å². The Morgan fingerprint density at radius 3 is 2.74 bits per heavy atom. The van der Waals surface area contributed by atoms with Gasteiger partial charge in [-0.3, -0.25) is 9.48 Å². The van der Waals surface area contributed by atoms with Gasteiger partial charge in [0.1, 0.15) is 5.82 Å². The van der Waals surface area contributed by atoms with Crippen LogP contribution in [0.1, 0.15) is 43.5 Å². The number of halogens is 1. The molecule has 9 heteroatoms.